The first-order valence-electron chi connectivity index (χ1n) is 8.35. The lowest BCUT2D eigenvalue weighted by Gasteiger charge is -2.30. The molecular formula is C17H19N5O4S2. The summed E-state index contributed by atoms with van der Waals surface area (Å²) >= 11 is 2.55. The summed E-state index contributed by atoms with van der Waals surface area (Å²) in [6.07, 6.45) is 0. The predicted molar refractivity (Wildman–Crippen MR) is 106 cm³/mol. The number of anilines is 1. The maximum atomic E-state index is 12.7. The largest absolute Gasteiger partial charge is 0.496 e. The van der Waals surface area contributed by atoms with Crippen LogP contribution in [-0.4, -0.2) is 41.7 Å². The Labute approximate surface area is 169 Å². The smallest absolute Gasteiger partial charge is 0.338 e. The van der Waals surface area contributed by atoms with E-state index in [2.05, 4.69) is 20.8 Å². The first-order chi connectivity index (χ1) is 13.5. The number of carbonyl (C=O) groups is 2. The zero-order valence-corrected chi connectivity index (χ0v) is 16.9. The molecule has 0 radical (unpaired) electrons. The first-order valence-corrected chi connectivity index (χ1v) is 10.2. The van der Waals surface area contributed by atoms with Crippen molar-refractivity contribution in [3.63, 3.8) is 0 Å². The molecule has 11 heteroatoms. The Hall–Kier alpha value is -2.79. The minimum Gasteiger partial charge on any atom is -0.496 e. The van der Waals surface area contributed by atoms with E-state index in [1.54, 1.807) is 19.1 Å². The highest BCUT2D eigenvalue weighted by molar-refractivity contribution is 8.01. The van der Waals surface area contributed by atoms with Gasteiger partial charge in [-0.15, -0.1) is 10.2 Å². The maximum absolute atomic E-state index is 12.7. The molecule has 2 heterocycles. The SMILES string of the molecule is CCOC(=O)C1=C(CSc2nnc(N)s2)NC(=O)N[C@@H]1c1ccccc1OC. The van der Waals surface area contributed by atoms with Crippen molar-refractivity contribution in [2.75, 3.05) is 25.2 Å². The number of rotatable bonds is 7. The average molecular weight is 422 g/mol. The number of para-hydroxylation sites is 1. The van der Waals surface area contributed by atoms with Crippen molar-refractivity contribution in [2.24, 2.45) is 0 Å². The van der Waals surface area contributed by atoms with Gasteiger partial charge in [-0.05, 0) is 13.0 Å². The Bertz CT molecular complexity index is 914. The van der Waals surface area contributed by atoms with Crippen LogP contribution in [0.2, 0.25) is 0 Å². The molecule has 0 unspecified atom stereocenters. The monoisotopic (exact) mass is 421 g/mol. The van der Waals surface area contributed by atoms with Gasteiger partial charge in [-0.3, -0.25) is 0 Å². The fourth-order valence-electron chi connectivity index (χ4n) is 2.73. The lowest BCUT2D eigenvalue weighted by atomic mass is 9.95. The van der Waals surface area contributed by atoms with E-state index in [1.807, 2.05) is 12.1 Å². The van der Waals surface area contributed by atoms with Gasteiger partial charge in [0.2, 0.25) is 5.13 Å². The number of esters is 1. The number of methoxy groups -OCH3 is 1. The van der Waals surface area contributed by atoms with Gasteiger partial charge in [0, 0.05) is 17.0 Å². The number of aromatic nitrogens is 2. The molecule has 0 saturated heterocycles. The van der Waals surface area contributed by atoms with E-state index in [0.29, 0.717) is 37.8 Å². The van der Waals surface area contributed by atoms with Crippen LogP contribution in [0.1, 0.15) is 18.5 Å². The lowest BCUT2D eigenvalue weighted by molar-refractivity contribution is -0.139. The number of carbonyl (C=O) groups excluding carboxylic acids is 2. The summed E-state index contributed by atoms with van der Waals surface area (Å²) in [6.45, 7) is 1.94. The van der Waals surface area contributed by atoms with Gasteiger partial charge >= 0.3 is 12.0 Å². The van der Waals surface area contributed by atoms with Crippen LogP contribution in [0.5, 0.6) is 5.75 Å². The Balaban J connectivity index is 2.01. The number of hydrogen-bond acceptors (Lipinski definition) is 9. The molecule has 0 bridgehead atoms. The van der Waals surface area contributed by atoms with Crippen LogP contribution in [-0.2, 0) is 9.53 Å². The van der Waals surface area contributed by atoms with Crippen molar-refractivity contribution in [3.8, 4) is 5.75 Å². The molecule has 148 valence electrons. The van der Waals surface area contributed by atoms with E-state index in [4.69, 9.17) is 15.2 Å². The number of amides is 2. The third-order valence-corrected chi connectivity index (χ3v) is 5.77. The van der Waals surface area contributed by atoms with Crippen LogP contribution in [0.3, 0.4) is 0 Å². The quantitative estimate of drug-likeness (QED) is 0.458. The highest BCUT2D eigenvalue weighted by Gasteiger charge is 2.35. The van der Waals surface area contributed by atoms with Gasteiger partial charge in [0.15, 0.2) is 4.34 Å². The van der Waals surface area contributed by atoms with Gasteiger partial charge in [-0.2, -0.15) is 0 Å². The molecule has 1 aliphatic rings. The number of nitrogen functional groups attached to an aromatic ring is 1. The van der Waals surface area contributed by atoms with Crippen molar-refractivity contribution in [1.82, 2.24) is 20.8 Å². The van der Waals surface area contributed by atoms with E-state index >= 15 is 0 Å². The van der Waals surface area contributed by atoms with Crippen LogP contribution in [0.4, 0.5) is 9.93 Å². The van der Waals surface area contributed by atoms with Crippen molar-refractivity contribution >= 4 is 40.2 Å². The molecule has 1 atom stereocenters. The van der Waals surface area contributed by atoms with Crippen LogP contribution < -0.4 is 21.1 Å². The first kappa shape index (κ1) is 20.0. The molecule has 4 N–H and O–H groups in total. The van der Waals surface area contributed by atoms with Crippen LogP contribution in [0, 0.1) is 0 Å². The Kier molecular flexibility index (Phi) is 6.37. The number of nitrogens with zero attached hydrogens (tertiary/aromatic N) is 2. The second-order valence-corrected chi connectivity index (χ2v) is 7.81. The number of benzene rings is 1. The van der Waals surface area contributed by atoms with E-state index in [0.717, 1.165) is 0 Å². The fourth-order valence-corrected chi connectivity index (χ4v) is 4.34. The second kappa shape index (κ2) is 8.93. The summed E-state index contributed by atoms with van der Waals surface area (Å²) in [6, 6.07) is 6.06. The van der Waals surface area contributed by atoms with E-state index in [-0.39, 0.29) is 6.61 Å². The van der Waals surface area contributed by atoms with Crippen molar-refractivity contribution < 1.29 is 19.1 Å². The highest BCUT2D eigenvalue weighted by atomic mass is 32.2. The molecule has 0 aliphatic carbocycles. The van der Waals surface area contributed by atoms with Gasteiger partial charge in [-0.1, -0.05) is 41.3 Å². The van der Waals surface area contributed by atoms with Crippen molar-refractivity contribution in [1.29, 1.82) is 0 Å². The third-order valence-electron chi connectivity index (χ3n) is 3.86. The number of nitrogens with one attached hydrogen (secondary N) is 2. The molecule has 2 amide bonds. The fraction of sp³-hybridized carbons (Fsp3) is 0.294. The second-order valence-electron chi connectivity index (χ2n) is 5.58. The molecule has 1 aromatic carbocycles. The third kappa shape index (κ3) is 4.37. The van der Waals surface area contributed by atoms with Gasteiger partial charge in [0.25, 0.3) is 0 Å². The zero-order valence-electron chi connectivity index (χ0n) is 15.2. The van der Waals surface area contributed by atoms with E-state index in [9.17, 15) is 9.59 Å². The average Bonchev–Trinajstić information content (AvgIpc) is 3.11. The lowest BCUT2D eigenvalue weighted by Crippen LogP contribution is -2.46. The Morgan fingerprint density at radius 1 is 1.36 bits per heavy atom. The number of hydrogen-bond donors (Lipinski definition) is 3. The highest BCUT2D eigenvalue weighted by Crippen LogP contribution is 2.35. The maximum Gasteiger partial charge on any atom is 0.338 e. The van der Waals surface area contributed by atoms with Crippen LogP contribution in [0.15, 0.2) is 39.9 Å². The Morgan fingerprint density at radius 3 is 2.82 bits per heavy atom. The summed E-state index contributed by atoms with van der Waals surface area (Å²) < 4.78 is 11.3. The zero-order chi connectivity index (χ0) is 20.1. The number of ether oxygens (including phenoxy) is 2. The summed E-state index contributed by atoms with van der Waals surface area (Å²) in [5.74, 6) is 0.334. The summed E-state index contributed by atoms with van der Waals surface area (Å²) in [7, 11) is 1.53. The summed E-state index contributed by atoms with van der Waals surface area (Å²) in [5.41, 5.74) is 7.02. The van der Waals surface area contributed by atoms with Crippen LogP contribution >= 0.6 is 23.1 Å². The van der Waals surface area contributed by atoms with E-state index < -0.39 is 18.0 Å². The molecule has 0 saturated carbocycles. The summed E-state index contributed by atoms with van der Waals surface area (Å²) in [5, 5.41) is 13.6. The number of nitrogens with two attached hydrogens (primary N) is 1. The molecule has 1 aliphatic heterocycles. The van der Waals surface area contributed by atoms with Gasteiger partial charge in [0.1, 0.15) is 5.75 Å². The molecule has 1 aromatic heterocycles. The Morgan fingerprint density at radius 2 is 2.14 bits per heavy atom. The standard InChI is InChI=1S/C17H19N5O4S2/c1-3-26-14(23)12-10(8-27-17-22-21-15(18)28-17)19-16(24)20-13(12)9-6-4-5-7-11(9)25-2/h4-7,13H,3,8H2,1-2H3,(H2,18,21)(H2,19,20,24)/t13-/m1/s1. The molecule has 28 heavy (non-hydrogen) atoms. The number of urea groups is 1. The molecule has 0 spiro atoms. The molecule has 9 nitrogen and oxygen atoms in total. The van der Waals surface area contributed by atoms with Gasteiger partial charge in [0.05, 0.1) is 25.3 Å². The molecule has 3 rings (SSSR count). The van der Waals surface area contributed by atoms with Gasteiger partial charge < -0.3 is 25.8 Å². The van der Waals surface area contributed by atoms with Crippen molar-refractivity contribution in [2.45, 2.75) is 17.3 Å². The minimum atomic E-state index is -0.709. The molecular weight excluding hydrogens is 402 g/mol. The normalized spacial score (nSPS) is 16.4. The molecule has 0 fully saturated rings. The summed E-state index contributed by atoms with van der Waals surface area (Å²) in [4.78, 5) is 25.0. The van der Waals surface area contributed by atoms with Crippen molar-refractivity contribution in [3.05, 3.63) is 41.1 Å². The van der Waals surface area contributed by atoms with E-state index in [1.165, 1.54) is 30.2 Å². The minimum absolute atomic E-state index is 0.211. The van der Waals surface area contributed by atoms with Gasteiger partial charge in [-0.25, -0.2) is 9.59 Å². The number of thioether (sulfide) groups is 1. The molecule has 2 aromatic rings. The topological polar surface area (TPSA) is 128 Å². The van der Waals surface area contributed by atoms with Crippen LogP contribution in [0.25, 0.3) is 0 Å². The predicted octanol–water partition coefficient (Wildman–Crippen LogP) is 2.09.